The highest BCUT2D eigenvalue weighted by Crippen LogP contribution is 2.24. The number of carbonyl (C=O) groups is 5. The molecule has 1 aliphatic heterocycles. The lowest BCUT2D eigenvalue weighted by Crippen LogP contribution is -2.19. The molecule has 0 bridgehead atoms. The van der Waals surface area contributed by atoms with Crippen molar-refractivity contribution < 1.29 is 24.0 Å². The predicted octanol–water partition coefficient (Wildman–Crippen LogP) is 8.64. The second-order valence-corrected chi connectivity index (χ2v) is 18.2. The summed E-state index contributed by atoms with van der Waals surface area (Å²) < 4.78 is 0. The van der Waals surface area contributed by atoms with Gasteiger partial charge in [-0.1, -0.05) is 47.5 Å². The smallest absolute Gasteiger partial charge is 0.162 e. The first-order valence-electron chi connectivity index (χ1n) is 14.6. The lowest BCUT2D eigenvalue weighted by Gasteiger charge is -2.17. The molecule has 45 heavy (non-hydrogen) atoms. The first-order valence-corrected chi connectivity index (χ1v) is 25.4. The maximum atomic E-state index is 12.1. The zero-order valence-corrected chi connectivity index (χ0v) is 36.4. The summed E-state index contributed by atoms with van der Waals surface area (Å²) in [7, 11) is 0. The van der Waals surface area contributed by atoms with E-state index in [1.54, 1.807) is 94.1 Å². The highest BCUT2D eigenvalue weighted by molar-refractivity contribution is 8.07. The largest absolute Gasteiger partial charge is 0.298 e. The number of hydrogen-bond donors (Lipinski definition) is 0. The Morgan fingerprint density at radius 1 is 0.667 bits per heavy atom. The molecule has 268 valence electrons. The van der Waals surface area contributed by atoms with Crippen molar-refractivity contribution in [2.75, 3.05) is 93.8 Å². The number of hydrogen-bond acceptors (Lipinski definition) is 13. The van der Waals surface area contributed by atoms with Crippen LogP contribution in [-0.2, 0) is 24.0 Å². The van der Waals surface area contributed by atoms with Gasteiger partial charge in [0, 0.05) is 27.8 Å². The normalized spacial score (nSPS) is 17.3. The van der Waals surface area contributed by atoms with Gasteiger partial charge in [0.1, 0.15) is 0 Å². The molecule has 0 aromatic heterocycles. The van der Waals surface area contributed by atoms with Crippen LogP contribution >= 0.6 is 117 Å². The van der Waals surface area contributed by atoms with Gasteiger partial charge in [0.15, 0.2) is 28.9 Å². The minimum Gasteiger partial charge on any atom is -0.298 e. The molecule has 1 aliphatic rings. The minimum atomic E-state index is -0.127. The van der Waals surface area contributed by atoms with E-state index in [1.807, 2.05) is 18.8 Å². The van der Waals surface area contributed by atoms with E-state index in [2.05, 4.69) is 34.6 Å². The van der Waals surface area contributed by atoms with Crippen LogP contribution in [0.4, 0.5) is 0 Å². The second kappa shape index (κ2) is 43.8. The Balaban J connectivity index is -0.000000341. The second-order valence-electron chi connectivity index (χ2n) is 9.27. The van der Waals surface area contributed by atoms with E-state index in [0.717, 1.165) is 17.3 Å². The summed E-state index contributed by atoms with van der Waals surface area (Å²) in [4.78, 5) is 56.2. The molecule has 5 nitrogen and oxygen atoms in total. The fourth-order valence-electron chi connectivity index (χ4n) is 2.27. The Labute approximate surface area is 319 Å². The molecule has 2 unspecified atom stereocenters. The van der Waals surface area contributed by atoms with Crippen molar-refractivity contribution in [3.63, 3.8) is 0 Å². The maximum Gasteiger partial charge on any atom is 0.162 e. The predicted molar refractivity (Wildman–Crippen MR) is 224 cm³/mol. The Kier molecular flexibility index (Phi) is 52.0. The van der Waals surface area contributed by atoms with E-state index < -0.39 is 0 Å². The number of ketones is 5. The van der Waals surface area contributed by atoms with E-state index in [1.165, 1.54) is 12.8 Å². The lowest BCUT2D eigenvalue weighted by molar-refractivity contribution is -0.115. The Hall–Kier alpha value is 1.73. The molecule has 0 aromatic rings. The van der Waals surface area contributed by atoms with Gasteiger partial charge in [-0.05, 0) is 18.8 Å². The molecule has 0 spiro atoms. The quantitative estimate of drug-likeness (QED) is 0.176. The van der Waals surface area contributed by atoms with Crippen LogP contribution in [0.15, 0.2) is 0 Å². The Morgan fingerprint density at radius 3 is 1.49 bits per heavy atom. The van der Waals surface area contributed by atoms with Gasteiger partial charge in [-0.25, -0.2) is 0 Å². The van der Waals surface area contributed by atoms with Crippen molar-refractivity contribution in [1.29, 1.82) is 0 Å². The zero-order chi connectivity index (χ0) is 35.3. The molecule has 1 rings (SSSR count). The fraction of sp³-hybridized carbons (Fsp3) is 0.833. The summed E-state index contributed by atoms with van der Waals surface area (Å²) in [6, 6.07) is 0. The monoisotopic (exact) mass is 822 g/mol. The lowest BCUT2D eigenvalue weighted by atomic mass is 10.5. The third kappa shape index (κ3) is 47.9. The highest BCUT2D eigenvalue weighted by Gasteiger charge is 2.16. The number of thioether (sulfide) groups is 8. The summed E-state index contributed by atoms with van der Waals surface area (Å²) in [6.45, 7) is 10.6. The molecule has 15 heteroatoms. The number of Topliss-reactive ketones (excluding diaryl/α,β-unsaturated/α-hetero) is 5. The van der Waals surface area contributed by atoms with Crippen molar-refractivity contribution in [3.05, 3.63) is 0 Å². The van der Waals surface area contributed by atoms with Gasteiger partial charge in [-0.2, -0.15) is 82.3 Å². The molecule has 1 fully saturated rings. The summed E-state index contributed by atoms with van der Waals surface area (Å²) in [5.74, 6) is 8.43. The van der Waals surface area contributed by atoms with Crippen LogP contribution in [0, 0.1) is 0 Å². The van der Waals surface area contributed by atoms with Crippen LogP contribution in [0.5, 0.6) is 0 Å². The van der Waals surface area contributed by atoms with Gasteiger partial charge in [-0.3, -0.25) is 24.0 Å². The molecule has 0 saturated carbocycles. The summed E-state index contributed by atoms with van der Waals surface area (Å²) in [6.07, 6.45) is 8.32. The first-order chi connectivity index (χ1) is 21.5. The van der Waals surface area contributed by atoms with Crippen molar-refractivity contribution in [2.45, 2.75) is 58.0 Å². The maximum absolute atomic E-state index is 12.1. The van der Waals surface area contributed by atoms with Crippen molar-refractivity contribution >= 4 is 146 Å². The molecule has 0 aromatic carbocycles. The van der Waals surface area contributed by atoms with Crippen LogP contribution < -0.4 is 0 Å². The average Bonchev–Trinajstić information content (AvgIpc) is 2.99. The van der Waals surface area contributed by atoms with Gasteiger partial charge in [0.25, 0.3) is 0 Å². The number of alkyl halides is 2. The standard InChI is InChI=1S/C16H26O3S6.C5H10OS2.C3H4Cl2O.2C3H8/c1-12-3-21-6-14(18)7-23-11-16(25-9-15(19)8-24-12)10-22-5-13(17)4-20-2;1-7-3-5(6)4-8-2;4-1-3(6)2-5;2*1-3-2/h12,16H,3-11H2,1-2H3;3-4H2,1-2H3;1-2H2;2*3H2,1-2H3. The summed E-state index contributed by atoms with van der Waals surface area (Å²) >= 11 is 23.1. The van der Waals surface area contributed by atoms with Crippen LogP contribution in [0.3, 0.4) is 0 Å². The molecule has 0 amide bonds. The fourth-order valence-corrected chi connectivity index (χ4v) is 10.0. The molecule has 0 radical (unpaired) electrons. The van der Waals surface area contributed by atoms with E-state index >= 15 is 0 Å². The first kappa shape index (κ1) is 53.5. The highest BCUT2D eigenvalue weighted by atomic mass is 35.5. The third-order valence-electron chi connectivity index (χ3n) is 3.97. The SMILES string of the molecule is CCC.CCC.CSCC(=O)CSC.CSCC(=O)CSCC1CSCC(=O)CSCC(C)SCC(=O)CS1.O=C(CCl)CCl. The summed E-state index contributed by atoms with van der Waals surface area (Å²) in [5.41, 5.74) is 0. The number of rotatable bonds is 12. The number of halogens is 2. The van der Waals surface area contributed by atoms with Gasteiger partial charge in [0.05, 0.1) is 57.8 Å². The topological polar surface area (TPSA) is 85.3 Å². The van der Waals surface area contributed by atoms with Crippen LogP contribution in [-0.4, -0.2) is 133 Å². The van der Waals surface area contributed by atoms with Crippen molar-refractivity contribution in [3.8, 4) is 0 Å². The van der Waals surface area contributed by atoms with Gasteiger partial charge in [-0.15, -0.1) is 35.0 Å². The van der Waals surface area contributed by atoms with Crippen molar-refractivity contribution in [1.82, 2.24) is 0 Å². The third-order valence-corrected chi connectivity index (χ3v) is 13.1. The van der Waals surface area contributed by atoms with Gasteiger partial charge >= 0.3 is 0 Å². The van der Waals surface area contributed by atoms with Crippen LogP contribution in [0.2, 0.25) is 0 Å². The van der Waals surface area contributed by atoms with Crippen LogP contribution in [0.1, 0.15) is 47.5 Å². The summed E-state index contributed by atoms with van der Waals surface area (Å²) in [5, 5.41) is 0.711. The molecular weight excluding hydrogens is 768 g/mol. The zero-order valence-electron chi connectivity index (χ0n) is 28.3. The molecule has 0 aliphatic carbocycles. The molecule has 1 saturated heterocycles. The Bertz CT molecular complexity index is 718. The molecule has 0 N–H and O–H groups in total. The van der Waals surface area contributed by atoms with E-state index in [-0.39, 0.29) is 23.3 Å². The van der Waals surface area contributed by atoms with Crippen molar-refractivity contribution in [2.24, 2.45) is 0 Å². The van der Waals surface area contributed by atoms with E-state index in [0.29, 0.717) is 73.9 Å². The molecule has 1 heterocycles. The van der Waals surface area contributed by atoms with E-state index in [9.17, 15) is 24.0 Å². The van der Waals surface area contributed by atoms with Crippen LogP contribution in [0.25, 0.3) is 0 Å². The molecule has 2 atom stereocenters. The minimum absolute atomic E-state index is 0.0312. The average molecular weight is 824 g/mol. The van der Waals surface area contributed by atoms with Gasteiger partial charge < -0.3 is 0 Å². The molecular formula is C30H56Cl2O5S8. The Morgan fingerprint density at radius 2 is 1.07 bits per heavy atom. The van der Waals surface area contributed by atoms with E-state index in [4.69, 9.17) is 23.2 Å². The van der Waals surface area contributed by atoms with Gasteiger partial charge in [0.2, 0.25) is 0 Å². The number of carbonyl (C=O) groups excluding carboxylic acids is 5.